The van der Waals surface area contributed by atoms with Crippen LogP contribution in [0.3, 0.4) is 0 Å². The second kappa shape index (κ2) is 5.34. The molecule has 0 unspecified atom stereocenters. The van der Waals surface area contributed by atoms with E-state index in [1.165, 1.54) is 11.5 Å². The topological polar surface area (TPSA) is 68.8 Å². The molecule has 3 N–H and O–H groups in total. The molecule has 0 saturated carbocycles. The number of nitrogen functional groups attached to an aromatic ring is 1. The van der Waals surface area contributed by atoms with Gasteiger partial charge in [0.1, 0.15) is 16.6 Å². The standard InChI is InChI=1S/C14H15N5S/c1-19-8-7-16-11(19)9-17-14-12(13(15)18-20-14)10-5-3-2-4-6-10/h2-8,17H,9H2,1H3,(H2,15,18). The quantitative estimate of drug-likeness (QED) is 0.773. The fraction of sp³-hybridized carbons (Fsp3) is 0.143. The van der Waals surface area contributed by atoms with Crippen molar-refractivity contribution in [3.63, 3.8) is 0 Å². The van der Waals surface area contributed by atoms with Crippen LogP contribution in [0, 0.1) is 0 Å². The number of benzene rings is 1. The maximum atomic E-state index is 5.99. The van der Waals surface area contributed by atoms with Crippen LogP contribution in [0.15, 0.2) is 42.7 Å². The third-order valence-corrected chi connectivity index (χ3v) is 3.93. The molecule has 3 aromatic rings. The van der Waals surface area contributed by atoms with Gasteiger partial charge in [0.05, 0.1) is 12.1 Å². The SMILES string of the molecule is Cn1ccnc1CNc1snc(N)c1-c1ccccc1. The van der Waals surface area contributed by atoms with Crippen molar-refractivity contribution in [2.75, 3.05) is 11.1 Å². The van der Waals surface area contributed by atoms with E-state index in [1.54, 1.807) is 6.20 Å². The van der Waals surface area contributed by atoms with Crippen molar-refractivity contribution in [3.05, 3.63) is 48.5 Å². The van der Waals surface area contributed by atoms with Crippen LogP contribution in [0.1, 0.15) is 5.82 Å². The molecule has 0 atom stereocenters. The number of aryl methyl sites for hydroxylation is 1. The summed E-state index contributed by atoms with van der Waals surface area (Å²) in [7, 11) is 1.98. The molecule has 1 aromatic carbocycles. The summed E-state index contributed by atoms with van der Waals surface area (Å²) in [5, 5.41) is 4.34. The van der Waals surface area contributed by atoms with Gasteiger partial charge in [-0.3, -0.25) is 0 Å². The smallest absolute Gasteiger partial charge is 0.147 e. The number of hydrogen-bond donors (Lipinski definition) is 2. The number of imidazole rings is 1. The van der Waals surface area contributed by atoms with Crippen LogP contribution in [0.25, 0.3) is 11.1 Å². The molecule has 2 heterocycles. The summed E-state index contributed by atoms with van der Waals surface area (Å²) < 4.78 is 6.23. The van der Waals surface area contributed by atoms with Crippen molar-refractivity contribution in [2.24, 2.45) is 7.05 Å². The monoisotopic (exact) mass is 285 g/mol. The van der Waals surface area contributed by atoms with Crippen molar-refractivity contribution < 1.29 is 0 Å². The molecule has 0 spiro atoms. The lowest BCUT2D eigenvalue weighted by Gasteiger charge is -2.07. The second-order valence-corrected chi connectivity index (χ2v) is 5.22. The van der Waals surface area contributed by atoms with Gasteiger partial charge in [0.2, 0.25) is 0 Å². The third kappa shape index (κ3) is 2.37. The van der Waals surface area contributed by atoms with Crippen LogP contribution in [-0.2, 0) is 13.6 Å². The van der Waals surface area contributed by atoms with Gasteiger partial charge in [0.15, 0.2) is 0 Å². The molecule has 2 aromatic heterocycles. The van der Waals surface area contributed by atoms with E-state index >= 15 is 0 Å². The fourth-order valence-electron chi connectivity index (χ4n) is 2.03. The number of nitrogens with one attached hydrogen (secondary N) is 1. The zero-order valence-electron chi connectivity index (χ0n) is 11.1. The lowest BCUT2D eigenvalue weighted by atomic mass is 10.1. The van der Waals surface area contributed by atoms with Gasteiger partial charge in [-0.05, 0) is 17.1 Å². The van der Waals surface area contributed by atoms with Crippen molar-refractivity contribution in [1.29, 1.82) is 0 Å². The zero-order valence-corrected chi connectivity index (χ0v) is 11.9. The minimum Gasteiger partial charge on any atom is -0.382 e. The lowest BCUT2D eigenvalue weighted by molar-refractivity contribution is 0.814. The Hall–Kier alpha value is -2.34. The van der Waals surface area contributed by atoms with E-state index in [-0.39, 0.29) is 0 Å². The van der Waals surface area contributed by atoms with E-state index in [9.17, 15) is 0 Å². The van der Waals surface area contributed by atoms with E-state index in [1.807, 2.05) is 48.1 Å². The molecule has 0 aliphatic rings. The molecular weight excluding hydrogens is 270 g/mol. The van der Waals surface area contributed by atoms with Gasteiger partial charge >= 0.3 is 0 Å². The van der Waals surface area contributed by atoms with Crippen LogP contribution in [0.2, 0.25) is 0 Å². The molecule has 0 aliphatic carbocycles. The van der Waals surface area contributed by atoms with Gasteiger partial charge in [0, 0.05) is 19.4 Å². The molecule has 102 valence electrons. The summed E-state index contributed by atoms with van der Waals surface area (Å²) in [5.74, 6) is 1.53. The molecule has 0 saturated heterocycles. The summed E-state index contributed by atoms with van der Waals surface area (Å²) in [6.45, 7) is 0.644. The van der Waals surface area contributed by atoms with E-state index in [0.717, 1.165) is 22.0 Å². The first-order chi connectivity index (χ1) is 9.75. The average molecular weight is 285 g/mol. The number of rotatable bonds is 4. The highest BCUT2D eigenvalue weighted by Gasteiger charge is 2.13. The lowest BCUT2D eigenvalue weighted by Crippen LogP contribution is -2.05. The summed E-state index contributed by atoms with van der Waals surface area (Å²) in [5.41, 5.74) is 8.02. The molecule has 0 bridgehead atoms. The van der Waals surface area contributed by atoms with E-state index in [0.29, 0.717) is 12.4 Å². The van der Waals surface area contributed by atoms with Crippen molar-refractivity contribution >= 4 is 22.4 Å². The minimum atomic E-state index is 0.559. The maximum absolute atomic E-state index is 5.99. The Morgan fingerprint density at radius 1 is 1.30 bits per heavy atom. The van der Waals surface area contributed by atoms with E-state index in [4.69, 9.17) is 5.73 Å². The second-order valence-electron chi connectivity index (χ2n) is 4.45. The Morgan fingerprint density at radius 3 is 2.80 bits per heavy atom. The Balaban J connectivity index is 1.86. The van der Waals surface area contributed by atoms with Gasteiger partial charge in [-0.1, -0.05) is 30.3 Å². The maximum Gasteiger partial charge on any atom is 0.147 e. The van der Waals surface area contributed by atoms with Gasteiger partial charge in [-0.25, -0.2) is 4.98 Å². The normalized spacial score (nSPS) is 10.7. The van der Waals surface area contributed by atoms with Gasteiger partial charge < -0.3 is 15.6 Å². The zero-order chi connectivity index (χ0) is 13.9. The molecule has 0 fully saturated rings. The van der Waals surface area contributed by atoms with Gasteiger partial charge in [-0.2, -0.15) is 4.37 Å². The van der Waals surface area contributed by atoms with Crippen LogP contribution in [-0.4, -0.2) is 13.9 Å². The predicted molar refractivity (Wildman–Crippen MR) is 82.5 cm³/mol. The molecule has 3 rings (SSSR count). The van der Waals surface area contributed by atoms with Gasteiger partial charge in [-0.15, -0.1) is 0 Å². The first-order valence-corrected chi connectivity index (χ1v) is 7.03. The Morgan fingerprint density at radius 2 is 2.10 bits per heavy atom. The van der Waals surface area contributed by atoms with Crippen LogP contribution in [0.5, 0.6) is 0 Å². The molecular formula is C14H15N5S. The van der Waals surface area contributed by atoms with Crippen LogP contribution in [0.4, 0.5) is 10.8 Å². The number of anilines is 2. The number of nitrogens with two attached hydrogens (primary N) is 1. The Bertz CT molecular complexity index is 701. The number of nitrogens with zero attached hydrogens (tertiary/aromatic N) is 3. The summed E-state index contributed by atoms with van der Waals surface area (Å²) in [4.78, 5) is 4.29. The first kappa shape index (κ1) is 12.7. The summed E-state index contributed by atoms with van der Waals surface area (Å²) >= 11 is 1.38. The van der Waals surface area contributed by atoms with Crippen molar-refractivity contribution in [3.8, 4) is 11.1 Å². The highest BCUT2D eigenvalue weighted by Crippen LogP contribution is 2.36. The van der Waals surface area contributed by atoms with E-state index < -0.39 is 0 Å². The molecule has 5 nitrogen and oxygen atoms in total. The first-order valence-electron chi connectivity index (χ1n) is 6.26. The third-order valence-electron chi connectivity index (χ3n) is 3.11. The summed E-state index contributed by atoms with van der Waals surface area (Å²) in [6, 6.07) is 10.0. The molecule has 0 radical (unpaired) electrons. The Kier molecular flexibility index (Phi) is 3.39. The van der Waals surface area contributed by atoms with Gasteiger partial charge in [0.25, 0.3) is 0 Å². The average Bonchev–Trinajstić information content (AvgIpc) is 3.03. The number of aromatic nitrogens is 3. The molecule has 20 heavy (non-hydrogen) atoms. The molecule has 0 aliphatic heterocycles. The molecule has 6 heteroatoms. The number of hydrogen-bond acceptors (Lipinski definition) is 5. The van der Waals surface area contributed by atoms with Crippen LogP contribution < -0.4 is 11.1 Å². The minimum absolute atomic E-state index is 0.559. The van der Waals surface area contributed by atoms with Crippen LogP contribution >= 0.6 is 11.5 Å². The van der Waals surface area contributed by atoms with E-state index in [2.05, 4.69) is 14.7 Å². The van der Waals surface area contributed by atoms with Crippen molar-refractivity contribution in [1.82, 2.24) is 13.9 Å². The Labute approximate surface area is 121 Å². The predicted octanol–water partition coefficient (Wildman–Crippen LogP) is 2.74. The van der Waals surface area contributed by atoms with Crippen molar-refractivity contribution in [2.45, 2.75) is 6.54 Å². The fourth-order valence-corrected chi connectivity index (χ4v) is 2.76. The highest BCUT2D eigenvalue weighted by atomic mass is 32.1. The molecule has 0 amide bonds. The highest BCUT2D eigenvalue weighted by molar-refractivity contribution is 7.11. The summed E-state index contributed by atoms with van der Waals surface area (Å²) in [6.07, 6.45) is 3.71. The largest absolute Gasteiger partial charge is 0.382 e.